The highest BCUT2D eigenvalue weighted by Gasteiger charge is 2.27. The SMILES string of the molecule is CC(=O)N(c1nc(/C=C/C(=O)N2CCN(C(C#N)C(C)C)CC2)cs1)c1ccccc1F. The molecule has 1 unspecified atom stereocenters. The van der Waals surface area contributed by atoms with Crippen LogP contribution in [0.5, 0.6) is 0 Å². The lowest BCUT2D eigenvalue weighted by Crippen LogP contribution is -2.52. The number of amides is 2. The quantitative estimate of drug-likeness (QED) is 0.621. The van der Waals surface area contributed by atoms with Gasteiger partial charge in [0, 0.05) is 44.6 Å². The van der Waals surface area contributed by atoms with E-state index in [2.05, 4.69) is 16.0 Å². The van der Waals surface area contributed by atoms with Gasteiger partial charge in [0.2, 0.25) is 11.8 Å². The minimum absolute atomic E-state index is 0.130. The highest BCUT2D eigenvalue weighted by molar-refractivity contribution is 7.14. The molecule has 9 heteroatoms. The summed E-state index contributed by atoms with van der Waals surface area (Å²) in [5.41, 5.74) is 0.653. The zero-order chi connectivity index (χ0) is 23.3. The van der Waals surface area contributed by atoms with Crippen molar-refractivity contribution in [2.75, 3.05) is 31.1 Å². The van der Waals surface area contributed by atoms with Gasteiger partial charge in [-0.1, -0.05) is 26.0 Å². The van der Waals surface area contributed by atoms with E-state index in [0.717, 1.165) is 0 Å². The minimum atomic E-state index is -0.514. The molecule has 0 bridgehead atoms. The minimum Gasteiger partial charge on any atom is -0.337 e. The third-order valence-corrected chi connectivity index (χ3v) is 6.13. The van der Waals surface area contributed by atoms with E-state index in [-0.39, 0.29) is 29.5 Å². The van der Waals surface area contributed by atoms with Gasteiger partial charge in [0.05, 0.1) is 17.5 Å². The number of nitrogens with zero attached hydrogens (tertiary/aromatic N) is 5. The van der Waals surface area contributed by atoms with Crippen molar-refractivity contribution in [1.29, 1.82) is 5.26 Å². The van der Waals surface area contributed by atoms with Crippen molar-refractivity contribution in [1.82, 2.24) is 14.8 Å². The summed E-state index contributed by atoms with van der Waals surface area (Å²) >= 11 is 1.20. The Labute approximate surface area is 191 Å². The van der Waals surface area contributed by atoms with Crippen LogP contribution in [-0.4, -0.2) is 58.8 Å². The Morgan fingerprint density at radius 3 is 2.53 bits per heavy atom. The van der Waals surface area contributed by atoms with E-state index in [1.54, 1.807) is 28.5 Å². The third kappa shape index (κ3) is 5.39. The molecule has 0 radical (unpaired) electrons. The standard InChI is InChI=1S/C23H26FN5O2S/c1-16(2)21(14-25)27-10-12-28(13-11-27)22(31)9-8-18-15-32-23(26-18)29(17(3)30)20-7-5-4-6-19(20)24/h4-9,15-16,21H,10-13H2,1-3H3/b9-8+. The number of thiazole rings is 1. The van der Waals surface area contributed by atoms with Gasteiger partial charge in [-0.3, -0.25) is 19.4 Å². The lowest BCUT2D eigenvalue weighted by atomic mass is 10.0. The van der Waals surface area contributed by atoms with Crippen LogP contribution in [-0.2, 0) is 9.59 Å². The molecule has 7 nitrogen and oxygen atoms in total. The van der Waals surface area contributed by atoms with E-state index in [0.29, 0.717) is 37.0 Å². The maximum Gasteiger partial charge on any atom is 0.246 e. The first-order valence-electron chi connectivity index (χ1n) is 10.4. The second-order valence-corrected chi connectivity index (χ2v) is 8.71. The van der Waals surface area contributed by atoms with Crippen LogP contribution >= 0.6 is 11.3 Å². The van der Waals surface area contributed by atoms with Crippen molar-refractivity contribution in [3.8, 4) is 6.07 Å². The van der Waals surface area contributed by atoms with Gasteiger partial charge in [0.15, 0.2) is 5.13 Å². The third-order valence-electron chi connectivity index (χ3n) is 5.29. The fourth-order valence-corrected chi connectivity index (χ4v) is 4.48. The highest BCUT2D eigenvalue weighted by Crippen LogP contribution is 2.31. The summed E-state index contributed by atoms with van der Waals surface area (Å²) in [5.74, 6) is -0.763. The molecule has 1 saturated heterocycles. The maximum absolute atomic E-state index is 14.2. The van der Waals surface area contributed by atoms with Crippen LogP contribution in [0, 0.1) is 23.1 Å². The summed E-state index contributed by atoms with van der Waals surface area (Å²) in [4.78, 5) is 34.2. The molecular weight excluding hydrogens is 429 g/mol. The maximum atomic E-state index is 14.2. The van der Waals surface area contributed by atoms with Crippen molar-refractivity contribution < 1.29 is 14.0 Å². The van der Waals surface area contributed by atoms with Crippen LogP contribution in [0.15, 0.2) is 35.7 Å². The Hall–Kier alpha value is -3.09. The molecule has 2 aromatic rings. The molecule has 3 rings (SSSR count). The molecular formula is C23H26FN5O2S. The van der Waals surface area contributed by atoms with E-state index in [9.17, 15) is 19.2 Å². The molecule has 1 atom stereocenters. The predicted octanol–water partition coefficient (Wildman–Crippen LogP) is 3.67. The number of carbonyl (C=O) groups excluding carboxylic acids is 2. The molecule has 1 fully saturated rings. The number of hydrogen-bond donors (Lipinski definition) is 0. The largest absolute Gasteiger partial charge is 0.337 e. The smallest absolute Gasteiger partial charge is 0.246 e. The molecule has 32 heavy (non-hydrogen) atoms. The number of carbonyl (C=O) groups is 2. The molecule has 1 aromatic carbocycles. The van der Waals surface area contributed by atoms with Crippen molar-refractivity contribution >= 4 is 40.0 Å². The lowest BCUT2D eigenvalue weighted by molar-refractivity contribution is -0.128. The molecule has 0 N–H and O–H groups in total. The van der Waals surface area contributed by atoms with Gasteiger partial charge in [-0.15, -0.1) is 11.3 Å². The van der Waals surface area contributed by atoms with E-state index in [1.807, 2.05) is 13.8 Å². The van der Waals surface area contributed by atoms with Crippen LogP contribution in [0.2, 0.25) is 0 Å². The fourth-order valence-electron chi connectivity index (χ4n) is 3.63. The van der Waals surface area contributed by atoms with E-state index in [4.69, 9.17) is 0 Å². The zero-order valence-electron chi connectivity index (χ0n) is 18.4. The number of benzene rings is 1. The van der Waals surface area contributed by atoms with Crippen molar-refractivity contribution in [2.24, 2.45) is 5.92 Å². The number of para-hydroxylation sites is 1. The Kier molecular flexibility index (Phi) is 7.72. The first-order valence-corrected chi connectivity index (χ1v) is 11.3. The number of piperazine rings is 1. The van der Waals surface area contributed by atoms with Gasteiger partial charge in [-0.25, -0.2) is 9.37 Å². The molecule has 2 amide bonds. The van der Waals surface area contributed by atoms with Gasteiger partial charge in [0.25, 0.3) is 0 Å². The molecule has 0 aliphatic carbocycles. The molecule has 1 aliphatic rings. The Balaban J connectivity index is 1.65. The Morgan fingerprint density at radius 1 is 1.25 bits per heavy atom. The molecule has 168 valence electrons. The lowest BCUT2D eigenvalue weighted by Gasteiger charge is -2.37. The highest BCUT2D eigenvalue weighted by atomic mass is 32.1. The van der Waals surface area contributed by atoms with E-state index >= 15 is 0 Å². The average Bonchev–Trinajstić information content (AvgIpc) is 3.22. The summed E-state index contributed by atoms with van der Waals surface area (Å²) < 4.78 is 14.2. The van der Waals surface area contributed by atoms with Crippen LogP contribution in [0.1, 0.15) is 26.5 Å². The summed E-state index contributed by atoms with van der Waals surface area (Å²) in [6, 6.07) is 8.22. The van der Waals surface area contributed by atoms with Gasteiger partial charge >= 0.3 is 0 Å². The predicted molar refractivity (Wildman–Crippen MR) is 123 cm³/mol. The number of aromatic nitrogens is 1. The monoisotopic (exact) mass is 455 g/mol. The number of anilines is 2. The van der Waals surface area contributed by atoms with Crippen LogP contribution in [0.4, 0.5) is 15.2 Å². The van der Waals surface area contributed by atoms with Gasteiger partial charge in [-0.05, 0) is 24.1 Å². The second kappa shape index (κ2) is 10.5. The number of rotatable bonds is 6. The first-order chi connectivity index (χ1) is 15.3. The molecule has 0 saturated carbocycles. The van der Waals surface area contributed by atoms with Crippen LogP contribution in [0.25, 0.3) is 6.08 Å². The van der Waals surface area contributed by atoms with Crippen molar-refractivity contribution in [3.05, 3.63) is 47.2 Å². The number of nitriles is 1. The van der Waals surface area contributed by atoms with Crippen molar-refractivity contribution in [3.63, 3.8) is 0 Å². The van der Waals surface area contributed by atoms with Gasteiger partial charge in [-0.2, -0.15) is 5.26 Å². The summed E-state index contributed by atoms with van der Waals surface area (Å²) in [7, 11) is 0. The number of halogens is 1. The van der Waals surface area contributed by atoms with Gasteiger partial charge < -0.3 is 4.90 Å². The molecule has 2 heterocycles. The van der Waals surface area contributed by atoms with Crippen LogP contribution in [0.3, 0.4) is 0 Å². The van der Waals surface area contributed by atoms with Crippen molar-refractivity contribution in [2.45, 2.75) is 26.8 Å². The van der Waals surface area contributed by atoms with Gasteiger partial charge in [0.1, 0.15) is 11.9 Å². The normalized spacial score (nSPS) is 15.7. The van der Waals surface area contributed by atoms with Crippen LogP contribution < -0.4 is 4.90 Å². The fraction of sp³-hybridized carbons (Fsp3) is 0.391. The van der Waals surface area contributed by atoms with E-state index in [1.165, 1.54) is 41.4 Å². The first kappa shape index (κ1) is 23.6. The summed E-state index contributed by atoms with van der Waals surface area (Å²) in [5, 5.41) is 11.4. The Morgan fingerprint density at radius 2 is 1.94 bits per heavy atom. The average molecular weight is 456 g/mol. The number of hydrogen-bond acceptors (Lipinski definition) is 6. The summed E-state index contributed by atoms with van der Waals surface area (Å²) in [6.07, 6.45) is 3.06. The molecule has 1 aromatic heterocycles. The molecule has 1 aliphatic heterocycles. The molecule has 0 spiro atoms. The Bertz CT molecular complexity index is 1040. The topological polar surface area (TPSA) is 80.5 Å². The zero-order valence-corrected chi connectivity index (χ0v) is 19.2. The second-order valence-electron chi connectivity index (χ2n) is 7.87. The van der Waals surface area contributed by atoms with E-state index < -0.39 is 5.82 Å². The summed E-state index contributed by atoms with van der Waals surface area (Å²) in [6.45, 7) is 7.83.